The average Bonchev–Trinajstić information content (AvgIpc) is 3.22. The number of benzene rings is 1. The summed E-state index contributed by atoms with van der Waals surface area (Å²) in [5.74, 6) is -0.588. The maximum atomic E-state index is 12.9. The number of nitrogens with zero attached hydrogens (tertiary/aromatic N) is 1. The average molecular weight is 281 g/mol. The van der Waals surface area contributed by atoms with Crippen LogP contribution in [0.2, 0.25) is 0 Å². The number of aliphatic hydroxyl groups is 1. The van der Waals surface area contributed by atoms with Gasteiger partial charge >= 0.3 is 0 Å². The first-order valence-electron chi connectivity index (χ1n) is 6.80. The Morgan fingerprint density at radius 2 is 2.20 bits per heavy atom. The molecule has 0 unspecified atom stereocenters. The highest BCUT2D eigenvalue weighted by Gasteiger charge is 2.28. The number of rotatable bonds is 7. The molecule has 0 bridgehead atoms. The molecule has 1 saturated carbocycles. The maximum absolute atomic E-state index is 12.9. The summed E-state index contributed by atoms with van der Waals surface area (Å²) in [4.78, 5) is 14.0. The van der Waals surface area contributed by atoms with Gasteiger partial charge in [0.2, 0.25) is 5.91 Å². The third kappa shape index (κ3) is 4.18. The highest BCUT2D eigenvalue weighted by atomic mass is 19.1. The molecule has 2 rings (SSSR count). The number of aliphatic hydroxyl groups excluding tert-OH is 1. The summed E-state index contributed by atoms with van der Waals surface area (Å²) in [7, 11) is 0. The van der Waals surface area contributed by atoms with Crippen LogP contribution >= 0.6 is 0 Å². The minimum Gasteiger partial charge on any atom is -0.397 e. The first-order valence-corrected chi connectivity index (χ1v) is 6.80. The van der Waals surface area contributed by atoms with Gasteiger partial charge in [0.15, 0.2) is 0 Å². The van der Waals surface area contributed by atoms with E-state index in [-0.39, 0.29) is 18.2 Å². The Morgan fingerprint density at radius 1 is 1.45 bits per heavy atom. The highest BCUT2D eigenvalue weighted by molar-refractivity contribution is 5.93. The molecule has 0 radical (unpaired) electrons. The van der Waals surface area contributed by atoms with E-state index in [9.17, 15) is 9.18 Å². The lowest BCUT2D eigenvalue weighted by molar-refractivity contribution is -0.116. The van der Waals surface area contributed by atoms with Crippen molar-refractivity contribution in [2.24, 2.45) is 0 Å². The molecule has 6 heteroatoms. The van der Waals surface area contributed by atoms with Crippen LogP contribution < -0.4 is 11.1 Å². The zero-order chi connectivity index (χ0) is 14.5. The molecule has 0 aliphatic heterocycles. The molecule has 0 heterocycles. The molecule has 1 aliphatic carbocycles. The minimum absolute atomic E-state index is 0.100. The van der Waals surface area contributed by atoms with Crippen LogP contribution in [0, 0.1) is 5.82 Å². The van der Waals surface area contributed by atoms with E-state index in [1.807, 2.05) is 0 Å². The SMILES string of the molecule is Nc1cc(F)ccc1NC(=O)CCN(CCO)C1CC1. The third-order valence-electron chi connectivity index (χ3n) is 3.36. The van der Waals surface area contributed by atoms with Crippen LogP contribution in [0.25, 0.3) is 0 Å². The lowest BCUT2D eigenvalue weighted by atomic mass is 10.2. The van der Waals surface area contributed by atoms with E-state index >= 15 is 0 Å². The van der Waals surface area contributed by atoms with Crippen molar-refractivity contribution in [3.05, 3.63) is 24.0 Å². The van der Waals surface area contributed by atoms with Crippen molar-refractivity contribution in [1.29, 1.82) is 0 Å². The van der Waals surface area contributed by atoms with Gasteiger partial charge < -0.3 is 16.2 Å². The molecule has 0 saturated heterocycles. The standard InChI is InChI=1S/C14H20FN3O2/c15-10-1-4-13(12(16)9-10)17-14(20)5-6-18(7-8-19)11-2-3-11/h1,4,9,11,19H,2-3,5-8,16H2,(H,17,20). The van der Waals surface area contributed by atoms with E-state index in [0.717, 1.165) is 12.8 Å². The predicted molar refractivity (Wildman–Crippen MR) is 75.7 cm³/mol. The van der Waals surface area contributed by atoms with Gasteiger partial charge in [-0.2, -0.15) is 0 Å². The molecule has 1 aliphatic rings. The zero-order valence-corrected chi connectivity index (χ0v) is 11.3. The summed E-state index contributed by atoms with van der Waals surface area (Å²) < 4.78 is 12.9. The van der Waals surface area contributed by atoms with Gasteiger partial charge in [-0.1, -0.05) is 0 Å². The van der Waals surface area contributed by atoms with Crippen LogP contribution in [-0.4, -0.2) is 41.7 Å². The number of nitrogens with two attached hydrogens (primary N) is 1. The van der Waals surface area contributed by atoms with E-state index < -0.39 is 5.82 Å². The molecule has 0 spiro atoms. The molecular formula is C14H20FN3O2. The molecule has 1 amide bonds. The largest absolute Gasteiger partial charge is 0.397 e. The van der Waals surface area contributed by atoms with Crippen LogP contribution in [0.15, 0.2) is 18.2 Å². The van der Waals surface area contributed by atoms with Crippen molar-refractivity contribution in [1.82, 2.24) is 4.90 Å². The van der Waals surface area contributed by atoms with E-state index in [0.29, 0.717) is 31.2 Å². The maximum Gasteiger partial charge on any atom is 0.225 e. The number of halogens is 1. The number of nitrogens with one attached hydrogen (secondary N) is 1. The predicted octanol–water partition coefficient (Wildman–Crippen LogP) is 1.19. The van der Waals surface area contributed by atoms with Crippen LogP contribution in [0.4, 0.5) is 15.8 Å². The van der Waals surface area contributed by atoms with E-state index in [4.69, 9.17) is 10.8 Å². The van der Waals surface area contributed by atoms with Gasteiger partial charge in [-0.05, 0) is 31.0 Å². The third-order valence-corrected chi connectivity index (χ3v) is 3.36. The van der Waals surface area contributed by atoms with Crippen LogP contribution in [0.1, 0.15) is 19.3 Å². The topological polar surface area (TPSA) is 78.6 Å². The Labute approximate surface area is 117 Å². The summed E-state index contributed by atoms with van der Waals surface area (Å²) in [5, 5.41) is 11.7. The monoisotopic (exact) mass is 281 g/mol. The molecule has 0 atom stereocenters. The summed E-state index contributed by atoms with van der Waals surface area (Å²) in [5.41, 5.74) is 6.28. The summed E-state index contributed by atoms with van der Waals surface area (Å²) in [6.07, 6.45) is 2.59. The van der Waals surface area contributed by atoms with E-state index in [1.54, 1.807) is 0 Å². The lowest BCUT2D eigenvalue weighted by Crippen LogP contribution is -2.32. The number of hydrogen-bond donors (Lipinski definition) is 3. The molecular weight excluding hydrogens is 261 g/mol. The molecule has 5 nitrogen and oxygen atoms in total. The molecule has 1 aromatic rings. The van der Waals surface area contributed by atoms with Crippen LogP contribution in [-0.2, 0) is 4.79 Å². The Hall–Kier alpha value is -1.66. The van der Waals surface area contributed by atoms with E-state index in [2.05, 4.69) is 10.2 Å². The second-order valence-electron chi connectivity index (χ2n) is 5.02. The number of amides is 1. The van der Waals surface area contributed by atoms with Crippen molar-refractivity contribution >= 4 is 17.3 Å². The number of carbonyl (C=O) groups excluding carboxylic acids is 1. The highest BCUT2D eigenvalue weighted by Crippen LogP contribution is 2.26. The number of hydrogen-bond acceptors (Lipinski definition) is 4. The Kier molecular flexibility index (Phi) is 4.92. The normalized spacial score (nSPS) is 14.6. The summed E-state index contributed by atoms with van der Waals surface area (Å²) >= 11 is 0. The van der Waals surface area contributed by atoms with Gasteiger partial charge in [0.1, 0.15) is 5.82 Å². The molecule has 20 heavy (non-hydrogen) atoms. The van der Waals surface area contributed by atoms with Crippen molar-refractivity contribution in [3.8, 4) is 0 Å². The summed E-state index contributed by atoms with van der Waals surface area (Å²) in [6, 6.07) is 4.40. The molecule has 1 aromatic carbocycles. The minimum atomic E-state index is -0.427. The van der Waals surface area contributed by atoms with Crippen molar-refractivity contribution in [2.75, 3.05) is 30.7 Å². The number of anilines is 2. The van der Waals surface area contributed by atoms with Gasteiger partial charge in [0, 0.05) is 25.6 Å². The quantitative estimate of drug-likeness (QED) is 0.656. The fourth-order valence-electron chi connectivity index (χ4n) is 2.15. The molecule has 0 aromatic heterocycles. The summed E-state index contributed by atoms with van der Waals surface area (Å²) in [6.45, 7) is 1.30. The second kappa shape index (κ2) is 6.67. The first kappa shape index (κ1) is 14.7. The Morgan fingerprint density at radius 3 is 2.80 bits per heavy atom. The van der Waals surface area contributed by atoms with Crippen molar-refractivity contribution in [3.63, 3.8) is 0 Å². The van der Waals surface area contributed by atoms with Gasteiger partial charge in [0.05, 0.1) is 18.0 Å². The van der Waals surface area contributed by atoms with Gasteiger partial charge in [0.25, 0.3) is 0 Å². The first-order chi connectivity index (χ1) is 9.60. The van der Waals surface area contributed by atoms with Crippen molar-refractivity contribution < 1.29 is 14.3 Å². The molecule has 4 N–H and O–H groups in total. The van der Waals surface area contributed by atoms with Crippen LogP contribution in [0.3, 0.4) is 0 Å². The second-order valence-corrected chi connectivity index (χ2v) is 5.02. The molecule has 110 valence electrons. The van der Waals surface area contributed by atoms with Gasteiger partial charge in [-0.25, -0.2) is 4.39 Å². The van der Waals surface area contributed by atoms with Crippen LogP contribution in [0.5, 0.6) is 0 Å². The van der Waals surface area contributed by atoms with Crippen molar-refractivity contribution in [2.45, 2.75) is 25.3 Å². The number of carbonyl (C=O) groups is 1. The van der Waals surface area contributed by atoms with E-state index in [1.165, 1.54) is 18.2 Å². The fraction of sp³-hybridized carbons (Fsp3) is 0.500. The van der Waals surface area contributed by atoms with Gasteiger partial charge in [-0.3, -0.25) is 9.69 Å². The lowest BCUT2D eigenvalue weighted by Gasteiger charge is -2.20. The number of nitrogen functional groups attached to an aromatic ring is 1. The smallest absolute Gasteiger partial charge is 0.225 e. The zero-order valence-electron chi connectivity index (χ0n) is 11.3. The Bertz CT molecular complexity index is 477. The molecule has 1 fully saturated rings. The fourth-order valence-corrected chi connectivity index (χ4v) is 2.15. The van der Waals surface area contributed by atoms with Gasteiger partial charge in [-0.15, -0.1) is 0 Å². The Balaban J connectivity index is 1.82.